The van der Waals surface area contributed by atoms with Gasteiger partial charge in [-0.1, -0.05) is 59.9 Å². The lowest BCUT2D eigenvalue weighted by Crippen LogP contribution is -2.46. The lowest BCUT2D eigenvalue weighted by molar-refractivity contribution is -0.138. The monoisotopic (exact) mass is 586 g/mol. The molecular formula is C27H30N4O7S2. The Labute approximate surface area is 240 Å². The molecule has 40 heavy (non-hydrogen) atoms. The molecule has 5 amide bonds. The molecule has 1 atom stereocenters. The minimum absolute atomic E-state index is 0.0460. The molecule has 0 saturated heterocycles. The first-order valence-electron chi connectivity index (χ1n) is 12.3. The minimum Gasteiger partial charge on any atom is -0.379 e. The molecule has 2 aromatic carbocycles. The van der Waals surface area contributed by atoms with Gasteiger partial charge in [0, 0.05) is 16.2 Å². The quantitative estimate of drug-likeness (QED) is 0.183. The van der Waals surface area contributed by atoms with E-state index in [1.54, 1.807) is 0 Å². The number of benzene rings is 2. The maximum Gasteiger partial charge on any atom is 0.268 e. The van der Waals surface area contributed by atoms with Crippen LogP contribution < -0.4 is 16.8 Å². The SMILES string of the molecule is NC(=O)CC(NC(=O)CCOCCOCCN1C(=O)C(Sc2ccccc2)=C(Sc2ccccc2)C1=O)C(N)=O. The van der Waals surface area contributed by atoms with Crippen LogP contribution in [0.5, 0.6) is 0 Å². The predicted octanol–water partition coefficient (Wildman–Crippen LogP) is 1.42. The van der Waals surface area contributed by atoms with Crippen LogP contribution >= 0.6 is 23.5 Å². The molecule has 1 aliphatic rings. The van der Waals surface area contributed by atoms with Crippen LogP contribution in [0.2, 0.25) is 0 Å². The summed E-state index contributed by atoms with van der Waals surface area (Å²) in [6.07, 6.45) is -0.444. The number of ether oxygens (including phenoxy) is 2. The van der Waals surface area contributed by atoms with E-state index in [1.165, 1.54) is 28.4 Å². The summed E-state index contributed by atoms with van der Waals surface area (Å²) in [6, 6.07) is 17.6. The van der Waals surface area contributed by atoms with Crippen LogP contribution in [0.15, 0.2) is 80.3 Å². The Kier molecular flexibility index (Phi) is 12.2. The van der Waals surface area contributed by atoms with Gasteiger partial charge in [0.05, 0.1) is 49.2 Å². The van der Waals surface area contributed by atoms with E-state index in [0.717, 1.165) is 9.79 Å². The van der Waals surface area contributed by atoms with Crippen molar-refractivity contribution in [3.8, 4) is 0 Å². The summed E-state index contributed by atoms with van der Waals surface area (Å²) in [4.78, 5) is 64.2. The first-order chi connectivity index (χ1) is 19.3. The van der Waals surface area contributed by atoms with Gasteiger partial charge in [-0.3, -0.25) is 28.9 Å². The zero-order valence-corrected chi connectivity index (χ0v) is 23.2. The highest BCUT2D eigenvalue weighted by atomic mass is 32.2. The van der Waals surface area contributed by atoms with Gasteiger partial charge in [0.15, 0.2) is 0 Å². The Hall–Kier alpha value is -3.65. The van der Waals surface area contributed by atoms with Crippen LogP contribution in [0, 0.1) is 0 Å². The van der Waals surface area contributed by atoms with Gasteiger partial charge in [-0.15, -0.1) is 0 Å². The van der Waals surface area contributed by atoms with Crippen LogP contribution in [0.25, 0.3) is 0 Å². The fourth-order valence-corrected chi connectivity index (χ4v) is 5.52. The summed E-state index contributed by atoms with van der Waals surface area (Å²) in [5.41, 5.74) is 10.2. The second-order valence-corrected chi connectivity index (χ2v) is 10.6. The lowest BCUT2D eigenvalue weighted by atomic mass is 10.2. The fourth-order valence-electron chi connectivity index (χ4n) is 3.46. The number of hydrogen-bond donors (Lipinski definition) is 3. The van der Waals surface area contributed by atoms with Crippen molar-refractivity contribution in [1.82, 2.24) is 10.2 Å². The van der Waals surface area contributed by atoms with Gasteiger partial charge in [0.25, 0.3) is 11.8 Å². The number of nitrogens with zero attached hydrogens (tertiary/aromatic N) is 1. The third-order valence-corrected chi connectivity index (χ3v) is 7.71. The van der Waals surface area contributed by atoms with Crippen molar-refractivity contribution < 1.29 is 33.4 Å². The Balaban J connectivity index is 1.43. The molecule has 0 aromatic heterocycles. The summed E-state index contributed by atoms with van der Waals surface area (Å²) in [6.45, 7) is 0.574. The van der Waals surface area contributed by atoms with E-state index in [0.29, 0.717) is 9.81 Å². The third-order valence-electron chi connectivity index (χ3n) is 5.40. The maximum atomic E-state index is 13.2. The number of carbonyl (C=O) groups excluding carboxylic acids is 5. The molecule has 1 aliphatic heterocycles. The molecule has 0 saturated carbocycles. The molecule has 11 nitrogen and oxygen atoms in total. The van der Waals surface area contributed by atoms with Crippen LogP contribution in [0.4, 0.5) is 0 Å². The Morgan fingerprint density at radius 1 is 0.775 bits per heavy atom. The Morgan fingerprint density at radius 3 is 1.75 bits per heavy atom. The molecular weight excluding hydrogens is 556 g/mol. The number of imide groups is 1. The van der Waals surface area contributed by atoms with Gasteiger partial charge >= 0.3 is 0 Å². The van der Waals surface area contributed by atoms with E-state index in [9.17, 15) is 24.0 Å². The molecule has 2 aromatic rings. The molecule has 0 radical (unpaired) electrons. The Bertz CT molecular complexity index is 1180. The summed E-state index contributed by atoms with van der Waals surface area (Å²) in [5, 5.41) is 2.33. The van der Waals surface area contributed by atoms with Crippen molar-refractivity contribution in [2.75, 3.05) is 33.0 Å². The van der Waals surface area contributed by atoms with Gasteiger partial charge in [-0.05, 0) is 24.3 Å². The number of carbonyl (C=O) groups is 5. The molecule has 5 N–H and O–H groups in total. The summed E-state index contributed by atoms with van der Waals surface area (Å²) < 4.78 is 10.9. The number of nitrogens with one attached hydrogen (secondary N) is 1. The van der Waals surface area contributed by atoms with E-state index in [1.807, 2.05) is 60.7 Å². The molecule has 0 spiro atoms. The zero-order valence-electron chi connectivity index (χ0n) is 21.6. The lowest BCUT2D eigenvalue weighted by Gasteiger charge is -2.15. The Morgan fingerprint density at radius 2 is 1.27 bits per heavy atom. The van der Waals surface area contributed by atoms with Crippen molar-refractivity contribution in [3.63, 3.8) is 0 Å². The smallest absolute Gasteiger partial charge is 0.268 e. The van der Waals surface area contributed by atoms with Gasteiger partial charge in [0.2, 0.25) is 17.7 Å². The van der Waals surface area contributed by atoms with Crippen LogP contribution in [-0.2, 0) is 33.4 Å². The number of amides is 5. The molecule has 0 aliphatic carbocycles. The second-order valence-electron chi connectivity index (χ2n) is 8.42. The molecule has 0 bridgehead atoms. The van der Waals surface area contributed by atoms with Crippen molar-refractivity contribution in [3.05, 3.63) is 70.5 Å². The number of nitrogens with two attached hydrogens (primary N) is 2. The third kappa shape index (κ3) is 9.52. The average Bonchev–Trinajstić information content (AvgIpc) is 3.14. The second kappa shape index (κ2) is 15.8. The standard InChI is InChI=1S/C27H30N4O7S2/c28-21(32)17-20(25(29)34)30-22(33)11-13-37-15-16-38-14-12-31-26(35)23(39-18-7-3-1-4-8-18)24(27(31)36)40-19-9-5-2-6-10-19/h1-10,20H,11-17H2,(H2,28,32)(H2,29,34)(H,30,33). The number of primary amides is 2. The summed E-state index contributed by atoms with van der Waals surface area (Å²) >= 11 is 2.52. The number of hydrogen-bond acceptors (Lipinski definition) is 9. The topological polar surface area (TPSA) is 171 Å². The highest BCUT2D eigenvalue weighted by molar-refractivity contribution is 8.08. The van der Waals surface area contributed by atoms with E-state index in [-0.39, 0.29) is 57.6 Å². The van der Waals surface area contributed by atoms with E-state index in [2.05, 4.69) is 5.32 Å². The maximum absolute atomic E-state index is 13.2. The van der Waals surface area contributed by atoms with Crippen molar-refractivity contribution in [2.45, 2.75) is 28.7 Å². The fraction of sp³-hybridized carbons (Fsp3) is 0.296. The van der Waals surface area contributed by atoms with E-state index in [4.69, 9.17) is 20.9 Å². The zero-order chi connectivity index (χ0) is 28.9. The van der Waals surface area contributed by atoms with E-state index < -0.39 is 23.8 Å². The number of rotatable bonds is 17. The van der Waals surface area contributed by atoms with Crippen LogP contribution in [0.3, 0.4) is 0 Å². The molecule has 212 valence electrons. The summed E-state index contributed by atoms with van der Waals surface area (Å²) in [5.74, 6) is -2.87. The normalized spacial score (nSPS) is 13.9. The molecule has 3 rings (SSSR count). The molecule has 1 heterocycles. The highest BCUT2D eigenvalue weighted by Gasteiger charge is 2.39. The molecule has 1 unspecified atom stereocenters. The number of thioether (sulfide) groups is 2. The van der Waals surface area contributed by atoms with Crippen molar-refractivity contribution >= 4 is 53.1 Å². The largest absolute Gasteiger partial charge is 0.379 e. The van der Waals surface area contributed by atoms with Crippen molar-refractivity contribution in [1.29, 1.82) is 0 Å². The van der Waals surface area contributed by atoms with Crippen LogP contribution in [-0.4, -0.2) is 73.4 Å². The van der Waals surface area contributed by atoms with E-state index >= 15 is 0 Å². The minimum atomic E-state index is -1.17. The van der Waals surface area contributed by atoms with Crippen LogP contribution in [0.1, 0.15) is 12.8 Å². The van der Waals surface area contributed by atoms with Crippen molar-refractivity contribution in [2.24, 2.45) is 11.5 Å². The van der Waals surface area contributed by atoms with Gasteiger partial charge in [-0.25, -0.2) is 0 Å². The first-order valence-corrected chi connectivity index (χ1v) is 14.0. The van der Waals surface area contributed by atoms with Gasteiger partial charge < -0.3 is 26.3 Å². The first kappa shape index (κ1) is 30.9. The summed E-state index contributed by atoms with van der Waals surface area (Å²) in [7, 11) is 0. The van der Waals surface area contributed by atoms with Gasteiger partial charge in [0.1, 0.15) is 6.04 Å². The molecule has 0 fully saturated rings. The predicted molar refractivity (Wildman–Crippen MR) is 150 cm³/mol. The van der Waals surface area contributed by atoms with Gasteiger partial charge in [-0.2, -0.15) is 0 Å². The average molecular weight is 587 g/mol. The molecule has 13 heteroatoms. The highest BCUT2D eigenvalue weighted by Crippen LogP contribution is 2.42.